The number of H-pyrrole nitrogens is 1. The molecule has 23 heavy (non-hydrogen) atoms. The highest BCUT2D eigenvalue weighted by Crippen LogP contribution is 2.23. The van der Waals surface area contributed by atoms with E-state index >= 15 is 0 Å². The number of nitrogens with zero attached hydrogens (tertiary/aromatic N) is 4. The molecule has 6 nitrogen and oxygen atoms in total. The van der Waals surface area contributed by atoms with Gasteiger partial charge in [-0.05, 0) is 46.0 Å². The SMILES string of the molecule is CC(Nc1ccc(N2CCC(N(C)C)CC2)cn1)c1cnc[nH]1. The first-order chi connectivity index (χ1) is 11.1. The molecular formula is C17H26N6. The Balaban J connectivity index is 1.57. The minimum atomic E-state index is 0.159. The number of piperidine rings is 1. The summed E-state index contributed by atoms with van der Waals surface area (Å²) < 4.78 is 0. The van der Waals surface area contributed by atoms with Crippen LogP contribution in [0, 0.1) is 0 Å². The first kappa shape index (κ1) is 15.8. The number of imidazole rings is 1. The molecule has 3 heterocycles. The van der Waals surface area contributed by atoms with E-state index in [-0.39, 0.29) is 6.04 Å². The maximum absolute atomic E-state index is 4.56. The summed E-state index contributed by atoms with van der Waals surface area (Å²) in [5.41, 5.74) is 2.27. The number of aromatic nitrogens is 3. The van der Waals surface area contributed by atoms with Crippen LogP contribution < -0.4 is 10.2 Å². The third-order valence-corrected chi connectivity index (χ3v) is 4.66. The lowest BCUT2D eigenvalue weighted by Gasteiger charge is -2.36. The number of nitrogens with one attached hydrogen (secondary N) is 2. The molecule has 0 aliphatic carbocycles. The Bertz CT molecular complexity index is 584. The van der Waals surface area contributed by atoms with Crippen LogP contribution in [0.4, 0.5) is 11.5 Å². The number of hydrogen-bond acceptors (Lipinski definition) is 5. The van der Waals surface area contributed by atoms with E-state index in [0.717, 1.165) is 24.6 Å². The van der Waals surface area contributed by atoms with Gasteiger partial charge in [0.05, 0.1) is 29.9 Å². The zero-order valence-electron chi connectivity index (χ0n) is 14.2. The highest BCUT2D eigenvalue weighted by atomic mass is 15.2. The molecule has 1 saturated heterocycles. The molecule has 2 aromatic heterocycles. The first-order valence-electron chi connectivity index (χ1n) is 8.25. The highest BCUT2D eigenvalue weighted by molar-refractivity contribution is 5.50. The quantitative estimate of drug-likeness (QED) is 0.888. The minimum absolute atomic E-state index is 0.159. The lowest BCUT2D eigenvalue weighted by Crippen LogP contribution is -2.42. The average Bonchev–Trinajstić information content (AvgIpc) is 3.10. The van der Waals surface area contributed by atoms with Crippen LogP contribution in [0.25, 0.3) is 0 Å². The van der Waals surface area contributed by atoms with Gasteiger partial charge in [-0.2, -0.15) is 0 Å². The van der Waals surface area contributed by atoms with Crippen LogP contribution in [-0.2, 0) is 0 Å². The number of aromatic amines is 1. The normalized spacial score (nSPS) is 17.5. The van der Waals surface area contributed by atoms with E-state index in [1.165, 1.54) is 18.5 Å². The van der Waals surface area contributed by atoms with Gasteiger partial charge in [0.25, 0.3) is 0 Å². The standard InChI is InChI=1S/C17H26N6/c1-13(16-11-18-12-20-16)21-17-5-4-15(10-19-17)23-8-6-14(7-9-23)22(2)3/h4-5,10-14H,6-9H2,1-3H3,(H,18,20)(H,19,21). The van der Waals surface area contributed by atoms with Crippen molar-refractivity contribution in [2.45, 2.75) is 31.8 Å². The van der Waals surface area contributed by atoms with Gasteiger partial charge in [0, 0.05) is 25.3 Å². The van der Waals surface area contributed by atoms with Crippen molar-refractivity contribution < 1.29 is 0 Å². The van der Waals surface area contributed by atoms with Crippen LogP contribution >= 0.6 is 0 Å². The monoisotopic (exact) mass is 314 g/mol. The van der Waals surface area contributed by atoms with Crippen LogP contribution in [0.3, 0.4) is 0 Å². The van der Waals surface area contributed by atoms with E-state index in [1.807, 2.05) is 12.4 Å². The molecule has 3 rings (SSSR count). The molecule has 124 valence electrons. The van der Waals surface area contributed by atoms with Crippen LogP contribution in [0.15, 0.2) is 30.9 Å². The molecule has 1 fully saturated rings. The summed E-state index contributed by atoms with van der Waals surface area (Å²) in [6, 6.07) is 5.08. The fraction of sp³-hybridized carbons (Fsp3) is 0.529. The second kappa shape index (κ2) is 7.00. The number of anilines is 2. The molecule has 0 spiro atoms. The van der Waals surface area contributed by atoms with E-state index in [2.05, 4.69) is 63.2 Å². The largest absolute Gasteiger partial charge is 0.370 e. The van der Waals surface area contributed by atoms with Gasteiger partial charge in [0.2, 0.25) is 0 Å². The van der Waals surface area contributed by atoms with Crippen LogP contribution in [0.2, 0.25) is 0 Å². The molecule has 6 heteroatoms. The van der Waals surface area contributed by atoms with Crippen molar-refractivity contribution in [1.82, 2.24) is 19.9 Å². The Morgan fingerprint density at radius 2 is 2.04 bits per heavy atom. The molecule has 1 aliphatic heterocycles. The smallest absolute Gasteiger partial charge is 0.126 e. The van der Waals surface area contributed by atoms with E-state index in [1.54, 1.807) is 6.33 Å². The second-order valence-corrected chi connectivity index (χ2v) is 6.46. The lowest BCUT2D eigenvalue weighted by atomic mass is 10.0. The summed E-state index contributed by atoms with van der Waals surface area (Å²) >= 11 is 0. The fourth-order valence-corrected chi connectivity index (χ4v) is 3.10. The maximum atomic E-state index is 4.56. The predicted molar refractivity (Wildman–Crippen MR) is 93.8 cm³/mol. The van der Waals surface area contributed by atoms with Gasteiger partial charge in [-0.15, -0.1) is 0 Å². The summed E-state index contributed by atoms with van der Waals surface area (Å²) in [6.45, 7) is 4.29. The van der Waals surface area contributed by atoms with Crippen molar-refractivity contribution in [2.24, 2.45) is 0 Å². The molecule has 0 aromatic carbocycles. The van der Waals surface area contributed by atoms with Gasteiger partial charge < -0.3 is 20.1 Å². The third-order valence-electron chi connectivity index (χ3n) is 4.66. The Kier molecular flexibility index (Phi) is 4.81. The van der Waals surface area contributed by atoms with E-state index in [0.29, 0.717) is 6.04 Å². The number of hydrogen-bond donors (Lipinski definition) is 2. The summed E-state index contributed by atoms with van der Waals surface area (Å²) in [7, 11) is 4.34. The fourth-order valence-electron chi connectivity index (χ4n) is 3.10. The van der Waals surface area contributed by atoms with Crippen molar-refractivity contribution in [3.05, 3.63) is 36.5 Å². The second-order valence-electron chi connectivity index (χ2n) is 6.46. The summed E-state index contributed by atoms with van der Waals surface area (Å²) in [5.74, 6) is 0.888. The topological polar surface area (TPSA) is 60.1 Å². The van der Waals surface area contributed by atoms with Gasteiger partial charge in [-0.25, -0.2) is 9.97 Å². The Labute approximate surface area is 137 Å². The van der Waals surface area contributed by atoms with Gasteiger partial charge in [-0.1, -0.05) is 0 Å². The molecule has 2 N–H and O–H groups in total. The highest BCUT2D eigenvalue weighted by Gasteiger charge is 2.20. The third kappa shape index (κ3) is 3.82. The molecule has 1 unspecified atom stereocenters. The van der Waals surface area contributed by atoms with Gasteiger partial charge in [0.15, 0.2) is 0 Å². The average molecular weight is 314 g/mol. The van der Waals surface area contributed by atoms with Crippen LogP contribution in [0.5, 0.6) is 0 Å². The molecular weight excluding hydrogens is 288 g/mol. The zero-order valence-corrected chi connectivity index (χ0v) is 14.2. The van der Waals surface area contributed by atoms with E-state index in [4.69, 9.17) is 0 Å². The predicted octanol–water partition coefficient (Wildman–Crippen LogP) is 2.51. The molecule has 1 atom stereocenters. The van der Waals surface area contributed by atoms with Gasteiger partial charge in [0.1, 0.15) is 5.82 Å². The van der Waals surface area contributed by atoms with E-state index < -0.39 is 0 Å². The molecule has 0 saturated carbocycles. The molecule has 0 amide bonds. The Hall–Kier alpha value is -2.08. The van der Waals surface area contributed by atoms with Crippen LogP contribution in [0.1, 0.15) is 31.5 Å². The number of pyridine rings is 1. The molecule has 2 aromatic rings. The van der Waals surface area contributed by atoms with Crippen molar-refractivity contribution in [3.8, 4) is 0 Å². The Morgan fingerprint density at radius 1 is 1.26 bits per heavy atom. The minimum Gasteiger partial charge on any atom is -0.370 e. The number of rotatable bonds is 5. The maximum Gasteiger partial charge on any atom is 0.126 e. The first-order valence-corrected chi connectivity index (χ1v) is 8.25. The van der Waals surface area contributed by atoms with Gasteiger partial charge >= 0.3 is 0 Å². The summed E-state index contributed by atoms with van der Waals surface area (Å²) in [4.78, 5) is 16.5. The Morgan fingerprint density at radius 3 is 2.61 bits per heavy atom. The molecule has 1 aliphatic rings. The van der Waals surface area contributed by atoms with Gasteiger partial charge in [-0.3, -0.25) is 0 Å². The van der Waals surface area contributed by atoms with Crippen molar-refractivity contribution in [3.63, 3.8) is 0 Å². The zero-order chi connectivity index (χ0) is 16.2. The molecule has 0 radical (unpaired) electrons. The van der Waals surface area contributed by atoms with Crippen molar-refractivity contribution >= 4 is 11.5 Å². The summed E-state index contributed by atoms with van der Waals surface area (Å²) in [5, 5.41) is 3.39. The van der Waals surface area contributed by atoms with Crippen molar-refractivity contribution in [2.75, 3.05) is 37.4 Å². The lowest BCUT2D eigenvalue weighted by molar-refractivity contribution is 0.249. The van der Waals surface area contributed by atoms with E-state index in [9.17, 15) is 0 Å². The molecule has 0 bridgehead atoms. The summed E-state index contributed by atoms with van der Waals surface area (Å²) in [6.07, 6.45) is 7.92. The van der Waals surface area contributed by atoms with Crippen molar-refractivity contribution in [1.29, 1.82) is 0 Å². The van der Waals surface area contributed by atoms with Crippen LogP contribution in [-0.4, -0.2) is 53.1 Å².